The van der Waals surface area contributed by atoms with Gasteiger partial charge in [-0.25, -0.2) is 13.6 Å². The number of nitrogens with two attached hydrogens (primary N) is 2. The largest absolute Gasteiger partial charge is 0.497 e. The second-order valence-corrected chi connectivity index (χ2v) is 5.19. The molecule has 0 heterocycles. The molecule has 0 amide bonds. The van der Waals surface area contributed by atoms with E-state index < -0.39 is 10.0 Å². The summed E-state index contributed by atoms with van der Waals surface area (Å²) in [5.41, 5.74) is 5.85. The number of hydrogen-bond donors (Lipinski definition) is 2. The van der Waals surface area contributed by atoms with Crippen molar-refractivity contribution in [3.8, 4) is 5.75 Å². The van der Waals surface area contributed by atoms with E-state index in [1.165, 1.54) is 24.3 Å². The number of hydrogen-bond acceptors (Lipinski definition) is 4. The van der Waals surface area contributed by atoms with Crippen molar-refractivity contribution < 1.29 is 13.2 Å². The van der Waals surface area contributed by atoms with Crippen LogP contribution in [0.4, 0.5) is 5.69 Å². The van der Waals surface area contributed by atoms with Gasteiger partial charge in [-0.3, -0.25) is 0 Å². The zero-order chi connectivity index (χ0) is 14.3. The van der Waals surface area contributed by atoms with Crippen LogP contribution in [0.1, 0.15) is 0 Å². The third kappa shape index (κ3) is 5.41. The maximum Gasteiger partial charge on any atom is 0.238 e. The van der Waals surface area contributed by atoms with Crippen molar-refractivity contribution in [1.29, 1.82) is 0 Å². The van der Waals surface area contributed by atoms with Crippen LogP contribution in [-0.4, -0.2) is 15.5 Å². The van der Waals surface area contributed by atoms with E-state index in [0.717, 1.165) is 5.75 Å². The van der Waals surface area contributed by atoms with Gasteiger partial charge in [-0.2, -0.15) is 0 Å². The highest BCUT2D eigenvalue weighted by atomic mass is 32.2. The Morgan fingerprint density at radius 1 is 0.947 bits per heavy atom. The lowest BCUT2D eigenvalue weighted by Crippen LogP contribution is -2.11. The van der Waals surface area contributed by atoms with E-state index in [9.17, 15) is 8.42 Å². The summed E-state index contributed by atoms with van der Waals surface area (Å²) in [5, 5.41) is 4.84. The van der Waals surface area contributed by atoms with Crippen LogP contribution in [-0.2, 0) is 10.0 Å². The van der Waals surface area contributed by atoms with Gasteiger partial charge in [0.1, 0.15) is 5.75 Å². The van der Waals surface area contributed by atoms with E-state index in [4.69, 9.17) is 15.6 Å². The Kier molecular flexibility index (Phi) is 5.35. The fourth-order valence-electron chi connectivity index (χ4n) is 1.21. The smallest absolute Gasteiger partial charge is 0.238 e. The molecular weight excluding hydrogens is 264 g/mol. The minimum atomic E-state index is -3.58. The second kappa shape index (κ2) is 6.77. The molecule has 0 atom stereocenters. The summed E-state index contributed by atoms with van der Waals surface area (Å²) in [7, 11) is -1.91. The van der Waals surface area contributed by atoms with Gasteiger partial charge in [0, 0.05) is 5.69 Å². The highest BCUT2D eigenvalue weighted by molar-refractivity contribution is 7.89. The third-order valence-electron chi connectivity index (χ3n) is 2.19. The summed E-state index contributed by atoms with van der Waals surface area (Å²) in [6, 6.07) is 15.4. The van der Waals surface area contributed by atoms with Crippen molar-refractivity contribution >= 4 is 15.7 Å². The number of rotatable bonds is 2. The van der Waals surface area contributed by atoms with Crippen LogP contribution in [0.3, 0.4) is 0 Å². The fraction of sp³-hybridized carbons (Fsp3) is 0.0769. The molecule has 5 nitrogen and oxygen atoms in total. The normalized spacial score (nSPS) is 10.2. The third-order valence-corrected chi connectivity index (χ3v) is 3.12. The molecule has 6 heteroatoms. The molecule has 2 aromatic carbocycles. The first kappa shape index (κ1) is 15.0. The Morgan fingerprint density at radius 3 is 1.84 bits per heavy atom. The standard InChI is InChI=1S/C7H8O.C6H8N2O2S/c1-8-7-5-3-2-4-6-7;7-5-1-3-6(4-2-5)11(8,9)10/h2-6H,1H3;1-4H,7H2,(H2,8,9,10). The Balaban J connectivity index is 0.000000200. The van der Waals surface area contributed by atoms with Gasteiger partial charge in [-0.15, -0.1) is 0 Å². The van der Waals surface area contributed by atoms with Crippen LogP contribution < -0.4 is 15.6 Å². The molecular formula is C13H16N2O3S. The lowest BCUT2D eigenvalue weighted by molar-refractivity contribution is 0.415. The van der Waals surface area contributed by atoms with Crippen molar-refractivity contribution in [3.63, 3.8) is 0 Å². The highest BCUT2D eigenvalue weighted by Gasteiger charge is 2.04. The van der Waals surface area contributed by atoms with Gasteiger partial charge in [0.15, 0.2) is 0 Å². The topological polar surface area (TPSA) is 95.4 Å². The average molecular weight is 280 g/mol. The van der Waals surface area contributed by atoms with Gasteiger partial charge in [-0.1, -0.05) is 18.2 Å². The zero-order valence-electron chi connectivity index (χ0n) is 10.5. The summed E-state index contributed by atoms with van der Waals surface area (Å²) >= 11 is 0. The summed E-state index contributed by atoms with van der Waals surface area (Å²) in [6.07, 6.45) is 0. The van der Waals surface area contributed by atoms with Crippen LogP contribution in [0, 0.1) is 0 Å². The molecule has 0 saturated carbocycles. The Hall–Kier alpha value is -2.05. The molecule has 2 rings (SSSR count). The van der Waals surface area contributed by atoms with Gasteiger partial charge >= 0.3 is 0 Å². The number of methoxy groups -OCH3 is 1. The summed E-state index contributed by atoms with van der Waals surface area (Å²) < 4.78 is 26.3. The van der Waals surface area contributed by atoms with E-state index in [2.05, 4.69) is 0 Å². The highest BCUT2D eigenvalue weighted by Crippen LogP contribution is 2.08. The molecule has 0 aliphatic carbocycles. The lowest BCUT2D eigenvalue weighted by atomic mass is 10.3. The predicted octanol–water partition coefficient (Wildman–Crippen LogP) is 1.61. The molecule has 0 spiro atoms. The molecule has 0 unspecified atom stereocenters. The van der Waals surface area contributed by atoms with E-state index >= 15 is 0 Å². The maximum absolute atomic E-state index is 10.7. The Labute approximate surface area is 112 Å². The fourth-order valence-corrected chi connectivity index (χ4v) is 1.73. The summed E-state index contributed by atoms with van der Waals surface area (Å²) in [6.45, 7) is 0. The van der Waals surface area contributed by atoms with E-state index in [1.54, 1.807) is 7.11 Å². The van der Waals surface area contributed by atoms with Crippen LogP contribution >= 0.6 is 0 Å². The van der Waals surface area contributed by atoms with E-state index in [1.807, 2.05) is 30.3 Å². The quantitative estimate of drug-likeness (QED) is 0.817. The van der Waals surface area contributed by atoms with E-state index in [-0.39, 0.29) is 4.90 Å². The van der Waals surface area contributed by atoms with Gasteiger partial charge < -0.3 is 10.5 Å². The molecule has 0 aromatic heterocycles. The number of primary sulfonamides is 1. The first-order valence-corrected chi connectivity index (χ1v) is 6.95. The van der Waals surface area contributed by atoms with Crippen molar-refractivity contribution in [3.05, 3.63) is 54.6 Å². The molecule has 4 N–H and O–H groups in total. The minimum absolute atomic E-state index is 0.0756. The van der Waals surface area contributed by atoms with Crippen molar-refractivity contribution in [2.24, 2.45) is 5.14 Å². The van der Waals surface area contributed by atoms with Crippen molar-refractivity contribution in [2.45, 2.75) is 4.90 Å². The number of benzene rings is 2. The molecule has 0 saturated heterocycles. The number of sulfonamides is 1. The number of ether oxygens (including phenoxy) is 1. The van der Waals surface area contributed by atoms with Crippen molar-refractivity contribution in [1.82, 2.24) is 0 Å². The van der Waals surface area contributed by atoms with Crippen LogP contribution in [0.2, 0.25) is 0 Å². The SMILES string of the molecule is COc1ccccc1.Nc1ccc(S(N)(=O)=O)cc1. The molecule has 102 valence electrons. The summed E-state index contributed by atoms with van der Waals surface area (Å²) in [5.74, 6) is 0.910. The Morgan fingerprint density at radius 2 is 1.47 bits per heavy atom. The first-order valence-electron chi connectivity index (χ1n) is 5.41. The number of anilines is 1. The number of nitrogen functional groups attached to an aromatic ring is 1. The summed E-state index contributed by atoms with van der Waals surface area (Å²) in [4.78, 5) is 0.0756. The van der Waals surface area contributed by atoms with Gasteiger partial charge in [0.2, 0.25) is 10.0 Å². The minimum Gasteiger partial charge on any atom is -0.497 e. The van der Waals surface area contributed by atoms with Gasteiger partial charge in [-0.05, 0) is 36.4 Å². The maximum atomic E-state index is 10.7. The van der Waals surface area contributed by atoms with Crippen LogP contribution in [0.25, 0.3) is 0 Å². The average Bonchev–Trinajstić information content (AvgIpc) is 2.40. The molecule has 19 heavy (non-hydrogen) atoms. The molecule has 0 aliphatic heterocycles. The second-order valence-electron chi connectivity index (χ2n) is 3.63. The lowest BCUT2D eigenvalue weighted by Gasteiger charge is -1.96. The molecule has 0 bridgehead atoms. The van der Waals surface area contributed by atoms with Crippen LogP contribution in [0.15, 0.2) is 59.5 Å². The predicted molar refractivity (Wildman–Crippen MR) is 75.2 cm³/mol. The van der Waals surface area contributed by atoms with Gasteiger partial charge in [0.05, 0.1) is 12.0 Å². The Bertz CT molecular complexity index is 596. The molecule has 2 aromatic rings. The van der Waals surface area contributed by atoms with Crippen LogP contribution in [0.5, 0.6) is 5.75 Å². The van der Waals surface area contributed by atoms with E-state index in [0.29, 0.717) is 5.69 Å². The molecule has 0 aliphatic rings. The molecule has 0 radical (unpaired) electrons. The van der Waals surface area contributed by atoms with Gasteiger partial charge in [0.25, 0.3) is 0 Å². The van der Waals surface area contributed by atoms with Crippen molar-refractivity contribution in [2.75, 3.05) is 12.8 Å². The first-order chi connectivity index (χ1) is 8.93. The molecule has 0 fully saturated rings. The monoisotopic (exact) mass is 280 g/mol. The zero-order valence-corrected chi connectivity index (χ0v) is 11.3. The number of para-hydroxylation sites is 1.